The van der Waals surface area contributed by atoms with Gasteiger partial charge >= 0.3 is 7.12 Å². The minimum atomic E-state index is -0.402. The van der Waals surface area contributed by atoms with Crippen molar-refractivity contribution in [2.24, 2.45) is 0 Å². The normalized spacial score (nSPS) is 19.9. The Kier molecular flexibility index (Phi) is 3.98. The Morgan fingerprint density at radius 1 is 1.15 bits per heavy atom. The number of rotatable bonds is 4. The first-order valence-corrected chi connectivity index (χ1v) is 6.95. The lowest BCUT2D eigenvalue weighted by atomic mass is 9.78. The zero-order valence-corrected chi connectivity index (χ0v) is 13.0. The van der Waals surface area contributed by atoms with Gasteiger partial charge in [-0.05, 0) is 46.3 Å². The Labute approximate surface area is 122 Å². The molecule has 0 amide bonds. The van der Waals surface area contributed by atoms with Gasteiger partial charge in [0.15, 0.2) is 0 Å². The summed E-state index contributed by atoms with van der Waals surface area (Å²) >= 11 is 0. The first kappa shape index (κ1) is 15.1. The van der Waals surface area contributed by atoms with Gasteiger partial charge in [0.05, 0.1) is 11.2 Å². The van der Waals surface area contributed by atoms with Crippen molar-refractivity contribution in [2.45, 2.75) is 45.8 Å². The quantitative estimate of drug-likeness (QED) is 0.624. The summed E-state index contributed by atoms with van der Waals surface area (Å²) in [5, 5.41) is 0. The molecule has 2 rings (SSSR count). The maximum absolute atomic E-state index is 6.07. The molecule has 0 unspecified atom stereocenters. The van der Waals surface area contributed by atoms with Gasteiger partial charge in [-0.3, -0.25) is 0 Å². The highest BCUT2D eigenvalue weighted by molar-refractivity contribution is 6.63. The largest absolute Gasteiger partial charge is 0.498 e. The lowest BCUT2D eigenvalue weighted by Crippen LogP contribution is -2.41. The maximum atomic E-state index is 6.07. The van der Waals surface area contributed by atoms with Crippen LogP contribution in [0.4, 0.5) is 0 Å². The van der Waals surface area contributed by atoms with Crippen molar-refractivity contribution in [3.05, 3.63) is 36.4 Å². The molecule has 0 aromatic heterocycles. The van der Waals surface area contributed by atoms with E-state index in [-0.39, 0.29) is 11.2 Å². The molecule has 0 bridgehead atoms. The van der Waals surface area contributed by atoms with Gasteiger partial charge in [0.2, 0.25) is 0 Å². The summed E-state index contributed by atoms with van der Waals surface area (Å²) in [6.45, 7) is 14.5. The van der Waals surface area contributed by atoms with Crippen molar-refractivity contribution >= 4 is 12.6 Å². The molecular formula is C16H23BO3. The molecule has 20 heavy (non-hydrogen) atoms. The highest BCUT2D eigenvalue weighted by Gasteiger charge is 2.52. The van der Waals surface area contributed by atoms with Crippen LogP contribution in [0.2, 0.25) is 0 Å². The molecule has 0 aliphatic carbocycles. The van der Waals surface area contributed by atoms with E-state index in [0.717, 1.165) is 16.8 Å². The molecule has 3 nitrogen and oxygen atoms in total. The molecular weight excluding hydrogens is 251 g/mol. The molecule has 0 spiro atoms. The van der Waals surface area contributed by atoms with Crippen molar-refractivity contribution < 1.29 is 14.0 Å². The number of para-hydroxylation sites is 1. The van der Waals surface area contributed by atoms with Gasteiger partial charge in [-0.25, -0.2) is 0 Å². The maximum Gasteiger partial charge on any atom is 0.498 e. The van der Waals surface area contributed by atoms with E-state index in [0.29, 0.717) is 6.61 Å². The van der Waals surface area contributed by atoms with Crippen LogP contribution in [0.1, 0.15) is 34.6 Å². The molecule has 1 saturated heterocycles. The lowest BCUT2D eigenvalue weighted by Gasteiger charge is -2.32. The molecule has 1 aromatic rings. The third kappa shape index (κ3) is 2.91. The molecule has 0 N–H and O–H groups in total. The van der Waals surface area contributed by atoms with Gasteiger partial charge in [0, 0.05) is 5.46 Å². The first-order chi connectivity index (χ1) is 9.23. The number of benzene rings is 1. The van der Waals surface area contributed by atoms with Gasteiger partial charge in [-0.15, -0.1) is 0 Å². The number of hydrogen-bond acceptors (Lipinski definition) is 3. The second kappa shape index (κ2) is 5.26. The second-order valence-electron chi connectivity index (χ2n) is 6.37. The van der Waals surface area contributed by atoms with Gasteiger partial charge in [-0.2, -0.15) is 0 Å². The van der Waals surface area contributed by atoms with Crippen LogP contribution < -0.4 is 10.2 Å². The fourth-order valence-corrected chi connectivity index (χ4v) is 1.98. The van der Waals surface area contributed by atoms with E-state index in [4.69, 9.17) is 14.0 Å². The van der Waals surface area contributed by atoms with Crippen LogP contribution in [0.15, 0.2) is 36.4 Å². The number of ether oxygens (including phenoxy) is 1. The minimum absolute atomic E-state index is 0.348. The lowest BCUT2D eigenvalue weighted by molar-refractivity contribution is 0.00578. The summed E-state index contributed by atoms with van der Waals surface area (Å²) in [6.07, 6.45) is 0. The monoisotopic (exact) mass is 274 g/mol. The molecule has 0 saturated carbocycles. The topological polar surface area (TPSA) is 27.7 Å². The highest BCUT2D eigenvalue weighted by atomic mass is 16.7. The molecule has 1 aliphatic heterocycles. The van der Waals surface area contributed by atoms with E-state index in [9.17, 15) is 0 Å². The van der Waals surface area contributed by atoms with Crippen molar-refractivity contribution in [3.63, 3.8) is 0 Å². The number of hydrogen-bond donors (Lipinski definition) is 0. The van der Waals surface area contributed by atoms with Gasteiger partial charge in [0.25, 0.3) is 0 Å². The van der Waals surface area contributed by atoms with Gasteiger partial charge < -0.3 is 14.0 Å². The van der Waals surface area contributed by atoms with E-state index in [2.05, 4.69) is 6.58 Å². The minimum Gasteiger partial charge on any atom is -0.490 e. The van der Waals surface area contributed by atoms with Crippen LogP contribution in [0.3, 0.4) is 0 Å². The van der Waals surface area contributed by atoms with Crippen molar-refractivity contribution in [2.75, 3.05) is 6.61 Å². The Morgan fingerprint density at radius 2 is 1.70 bits per heavy atom. The highest BCUT2D eigenvalue weighted by Crippen LogP contribution is 2.37. The summed E-state index contributed by atoms with van der Waals surface area (Å²) in [7, 11) is -0.402. The van der Waals surface area contributed by atoms with E-state index < -0.39 is 7.12 Å². The Balaban J connectivity index is 2.24. The van der Waals surface area contributed by atoms with Crippen LogP contribution in [0.25, 0.3) is 0 Å². The SMILES string of the molecule is C=C(C)COc1ccccc1B1OC(C)(C)C(C)(C)O1. The van der Waals surface area contributed by atoms with E-state index in [1.807, 2.05) is 58.9 Å². The fourth-order valence-electron chi connectivity index (χ4n) is 1.98. The summed E-state index contributed by atoms with van der Waals surface area (Å²) in [4.78, 5) is 0. The molecule has 1 aliphatic rings. The third-order valence-corrected chi connectivity index (χ3v) is 3.90. The molecule has 1 aromatic carbocycles. The van der Waals surface area contributed by atoms with Crippen molar-refractivity contribution in [1.82, 2.24) is 0 Å². The molecule has 108 valence electrons. The first-order valence-electron chi connectivity index (χ1n) is 6.95. The van der Waals surface area contributed by atoms with Crippen LogP contribution >= 0.6 is 0 Å². The Morgan fingerprint density at radius 3 is 2.25 bits per heavy atom. The van der Waals surface area contributed by atoms with E-state index in [1.165, 1.54) is 0 Å². The summed E-state index contributed by atoms with van der Waals surface area (Å²) in [5.41, 5.74) is 1.21. The third-order valence-electron chi connectivity index (χ3n) is 3.90. The van der Waals surface area contributed by atoms with Crippen molar-refractivity contribution in [1.29, 1.82) is 0 Å². The predicted molar refractivity (Wildman–Crippen MR) is 82.5 cm³/mol. The summed E-state index contributed by atoms with van der Waals surface area (Å²) in [6, 6.07) is 7.83. The van der Waals surface area contributed by atoms with Crippen molar-refractivity contribution in [3.8, 4) is 5.75 Å². The van der Waals surface area contributed by atoms with E-state index >= 15 is 0 Å². The fraction of sp³-hybridized carbons (Fsp3) is 0.500. The Bertz CT molecular complexity index is 492. The molecule has 1 heterocycles. The van der Waals surface area contributed by atoms with Gasteiger partial charge in [0.1, 0.15) is 12.4 Å². The molecule has 0 radical (unpaired) electrons. The standard InChI is InChI=1S/C16H23BO3/c1-12(2)11-18-14-10-8-7-9-13(14)17-19-15(3,4)16(5,6)20-17/h7-10H,1,11H2,2-6H3. The Hall–Kier alpha value is -1.26. The zero-order valence-electron chi connectivity index (χ0n) is 13.0. The molecule has 0 atom stereocenters. The summed E-state index contributed by atoms with van der Waals surface area (Å²) < 4.78 is 17.9. The average Bonchev–Trinajstić information content (AvgIpc) is 2.56. The zero-order chi connectivity index (χ0) is 15.0. The average molecular weight is 274 g/mol. The molecule has 1 fully saturated rings. The van der Waals surface area contributed by atoms with Crippen LogP contribution in [-0.2, 0) is 9.31 Å². The summed E-state index contributed by atoms with van der Waals surface area (Å²) in [5.74, 6) is 0.786. The van der Waals surface area contributed by atoms with Crippen LogP contribution in [0.5, 0.6) is 5.75 Å². The smallest absolute Gasteiger partial charge is 0.490 e. The predicted octanol–water partition coefficient (Wildman–Crippen LogP) is 2.94. The van der Waals surface area contributed by atoms with E-state index in [1.54, 1.807) is 0 Å². The van der Waals surface area contributed by atoms with Gasteiger partial charge in [-0.1, -0.05) is 24.8 Å². The molecule has 4 heteroatoms. The van der Waals surface area contributed by atoms with Crippen LogP contribution in [0, 0.1) is 0 Å². The second-order valence-corrected chi connectivity index (χ2v) is 6.37. The van der Waals surface area contributed by atoms with Crippen LogP contribution in [-0.4, -0.2) is 24.9 Å².